The number of nitrogens with two attached hydrogens (primary N) is 1. The van der Waals surface area contributed by atoms with Crippen molar-refractivity contribution in [2.24, 2.45) is 5.73 Å². The molecule has 0 aromatic heterocycles. The molecule has 5 nitrogen and oxygen atoms in total. The Hall–Kier alpha value is -1.10. The minimum Gasteiger partial charge on any atom is -0.440 e. The van der Waals surface area contributed by atoms with Gasteiger partial charge in [-0.1, -0.05) is 0 Å². The molecule has 0 spiro atoms. The van der Waals surface area contributed by atoms with Gasteiger partial charge in [-0.15, -0.1) is 0 Å². The number of rotatable bonds is 1. The number of β-lactam (4-membered cyclic amide) rings is 1. The largest absolute Gasteiger partial charge is 0.440 e. The van der Waals surface area contributed by atoms with Crippen LogP contribution in [0, 0.1) is 0 Å². The van der Waals surface area contributed by atoms with Crippen molar-refractivity contribution < 1.29 is 14.3 Å². The lowest BCUT2D eigenvalue weighted by Gasteiger charge is -2.32. The highest BCUT2D eigenvalue weighted by molar-refractivity contribution is 5.89. The Morgan fingerprint density at radius 1 is 1.80 bits per heavy atom. The number of ether oxygens (including phenoxy) is 1. The number of carbonyl (C=O) groups excluding carboxylic acids is 2. The van der Waals surface area contributed by atoms with Crippen LogP contribution in [-0.2, 0) is 14.3 Å². The van der Waals surface area contributed by atoms with Crippen LogP contribution in [0.3, 0.4) is 0 Å². The summed E-state index contributed by atoms with van der Waals surface area (Å²) in [6, 6.07) is -0.691. The molecule has 2 atom stereocenters. The minimum absolute atomic E-state index is 0.286. The number of esters is 1. The monoisotopic (exact) mass is 144 g/mol. The molecule has 1 fully saturated rings. The van der Waals surface area contributed by atoms with Crippen LogP contribution in [0.25, 0.3) is 0 Å². The molecule has 0 aromatic carbocycles. The Morgan fingerprint density at radius 3 is 2.70 bits per heavy atom. The smallest absolute Gasteiger partial charge is 0.304 e. The van der Waals surface area contributed by atoms with Gasteiger partial charge in [-0.3, -0.25) is 9.59 Å². The Kier molecular flexibility index (Phi) is 1.58. The molecule has 1 saturated heterocycles. The summed E-state index contributed by atoms with van der Waals surface area (Å²) < 4.78 is 4.57. The molecule has 0 aromatic rings. The second-order valence-electron chi connectivity index (χ2n) is 2.06. The molecule has 0 unspecified atom stereocenters. The van der Waals surface area contributed by atoms with E-state index >= 15 is 0 Å². The molecule has 1 aliphatic rings. The zero-order valence-corrected chi connectivity index (χ0v) is 5.46. The van der Waals surface area contributed by atoms with Crippen LogP contribution in [0.2, 0.25) is 0 Å². The highest BCUT2D eigenvalue weighted by Gasteiger charge is 2.38. The van der Waals surface area contributed by atoms with E-state index in [4.69, 9.17) is 5.73 Å². The van der Waals surface area contributed by atoms with Crippen molar-refractivity contribution in [1.82, 2.24) is 5.32 Å². The lowest BCUT2D eigenvalue weighted by molar-refractivity contribution is -0.161. The summed E-state index contributed by atoms with van der Waals surface area (Å²) in [5.74, 6) is -0.730. The van der Waals surface area contributed by atoms with Crippen LogP contribution in [-0.4, -0.2) is 24.1 Å². The SMILES string of the molecule is CC(=O)O[C@H]1NC(=O)[C@H]1N. The summed E-state index contributed by atoms with van der Waals surface area (Å²) in [7, 11) is 0. The van der Waals surface area contributed by atoms with Crippen molar-refractivity contribution >= 4 is 11.9 Å². The highest BCUT2D eigenvalue weighted by atomic mass is 16.6. The Bertz CT molecular complexity index is 180. The summed E-state index contributed by atoms with van der Waals surface area (Å²) in [4.78, 5) is 20.7. The third-order valence-corrected chi connectivity index (χ3v) is 1.21. The van der Waals surface area contributed by atoms with Gasteiger partial charge in [0.25, 0.3) is 0 Å². The standard InChI is InChI=1S/C5H8N2O3/c1-2(8)10-5-3(6)4(9)7-5/h3,5H,6H2,1H3,(H,7,9)/t3-,5-/m1/s1. The van der Waals surface area contributed by atoms with Gasteiger partial charge >= 0.3 is 5.97 Å². The van der Waals surface area contributed by atoms with Gasteiger partial charge in [0, 0.05) is 6.92 Å². The number of nitrogens with one attached hydrogen (secondary N) is 1. The topological polar surface area (TPSA) is 81.4 Å². The van der Waals surface area contributed by atoms with E-state index in [1.807, 2.05) is 0 Å². The fourth-order valence-electron chi connectivity index (χ4n) is 0.649. The van der Waals surface area contributed by atoms with E-state index in [1.54, 1.807) is 0 Å². The molecule has 3 N–H and O–H groups in total. The average Bonchev–Trinajstić information content (AvgIpc) is 1.86. The minimum atomic E-state index is -0.691. The third kappa shape index (κ3) is 1.08. The third-order valence-electron chi connectivity index (χ3n) is 1.21. The van der Waals surface area contributed by atoms with Gasteiger partial charge < -0.3 is 15.8 Å². The van der Waals surface area contributed by atoms with E-state index in [2.05, 4.69) is 10.1 Å². The van der Waals surface area contributed by atoms with Crippen LogP contribution in [0.5, 0.6) is 0 Å². The first kappa shape index (κ1) is 7.01. The maximum atomic E-state index is 10.4. The van der Waals surface area contributed by atoms with Crippen molar-refractivity contribution in [2.75, 3.05) is 0 Å². The summed E-state index contributed by atoms with van der Waals surface area (Å²) in [5, 5.41) is 2.32. The molecule has 0 bridgehead atoms. The van der Waals surface area contributed by atoms with Crippen LogP contribution in [0.1, 0.15) is 6.92 Å². The molecule has 0 saturated carbocycles. The number of hydrogen-bond donors (Lipinski definition) is 2. The number of carbonyl (C=O) groups is 2. The molecule has 1 aliphatic heterocycles. The first-order valence-corrected chi connectivity index (χ1v) is 2.84. The lowest BCUT2D eigenvalue weighted by Crippen LogP contribution is -2.67. The Balaban J connectivity index is 2.34. The molecule has 1 heterocycles. The maximum Gasteiger partial charge on any atom is 0.304 e. The van der Waals surface area contributed by atoms with Gasteiger partial charge in [-0.25, -0.2) is 0 Å². The van der Waals surface area contributed by atoms with Crippen molar-refractivity contribution in [3.63, 3.8) is 0 Å². The van der Waals surface area contributed by atoms with E-state index in [0.29, 0.717) is 0 Å². The van der Waals surface area contributed by atoms with Gasteiger partial charge in [0.1, 0.15) is 6.04 Å². The van der Waals surface area contributed by atoms with Crippen LogP contribution >= 0.6 is 0 Å². The van der Waals surface area contributed by atoms with Crippen molar-refractivity contribution in [2.45, 2.75) is 19.2 Å². The van der Waals surface area contributed by atoms with E-state index < -0.39 is 18.2 Å². The van der Waals surface area contributed by atoms with Gasteiger partial charge in [-0.2, -0.15) is 0 Å². The number of amides is 1. The fraction of sp³-hybridized carbons (Fsp3) is 0.600. The first-order valence-electron chi connectivity index (χ1n) is 2.84. The zero-order valence-electron chi connectivity index (χ0n) is 5.46. The normalized spacial score (nSPS) is 30.4. The number of hydrogen-bond acceptors (Lipinski definition) is 4. The van der Waals surface area contributed by atoms with E-state index in [-0.39, 0.29) is 5.91 Å². The molecular weight excluding hydrogens is 136 g/mol. The van der Waals surface area contributed by atoms with Gasteiger partial charge in [-0.05, 0) is 0 Å². The first-order chi connectivity index (χ1) is 4.61. The molecule has 1 amide bonds. The molecule has 10 heavy (non-hydrogen) atoms. The van der Waals surface area contributed by atoms with Gasteiger partial charge in [0.2, 0.25) is 5.91 Å². The van der Waals surface area contributed by atoms with Crippen LogP contribution in [0.15, 0.2) is 0 Å². The van der Waals surface area contributed by atoms with Crippen LogP contribution in [0.4, 0.5) is 0 Å². The fourth-order valence-corrected chi connectivity index (χ4v) is 0.649. The summed E-state index contributed by atoms with van der Waals surface area (Å²) in [6.45, 7) is 1.26. The van der Waals surface area contributed by atoms with Crippen molar-refractivity contribution in [3.8, 4) is 0 Å². The molecule has 5 heteroatoms. The lowest BCUT2D eigenvalue weighted by atomic mass is 10.1. The molecule has 56 valence electrons. The predicted molar refractivity (Wildman–Crippen MR) is 31.7 cm³/mol. The highest BCUT2D eigenvalue weighted by Crippen LogP contribution is 2.04. The predicted octanol–water partition coefficient (Wildman–Crippen LogP) is -1.67. The second-order valence-corrected chi connectivity index (χ2v) is 2.06. The van der Waals surface area contributed by atoms with E-state index in [0.717, 1.165) is 0 Å². The van der Waals surface area contributed by atoms with Crippen molar-refractivity contribution in [3.05, 3.63) is 0 Å². The summed E-state index contributed by atoms with van der Waals surface area (Å²) in [5.41, 5.74) is 5.23. The Morgan fingerprint density at radius 2 is 2.40 bits per heavy atom. The van der Waals surface area contributed by atoms with Crippen LogP contribution < -0.4 is 11.1 Å². The van der Waals surface area contributed by atoms with E-state index in [9.17, 15) is 9.59 Å². The molecular formula is C5H8N2O3. The maximum absolute atomic E-state index is 10.4. The average molecular weight is 144 g/mol. The van der Waals surface area contributed by atoms with Gasteiger partial charge in [0.05, 0.1) is 0 Å². The summed E-state index contributed by atoms with van der Waals surface area (Å²) >= 11 is 0. The van der Waals surface area contributed by atoms with E-state index in [1.165, 1.54) is 6.92 Å². The zero-order chi connectivity index (χ0) is 7.72. The van der Waals surface area contributed by atoms with Crippen molar-refractivity contribution in [1.29, 1.82) is 0 Å². The molecule has 0 aliphatic carbocycles. The summed E-state index contributed by atoms with van der Waals surface area (Å²) in [6.07, 6.45) is -0.620. The Labute approximate surface area is 57.5 Å². The quantitative estimate of drug-likeness (QED) is 0.340. The van der Waals surface area contributed by atoms with Gasteiger partial charge in [0.15, 0.2) is 6.23 Å². The molecule has 0 radical (unpaired) electrons. The molecule has 1 rings (SSSR count). The second kappa shape index (κ2) is 2.26.